The molecule has 0 aliphatic heterocycles. The number of halogens is 2. The number of hydrogen-bond donors (Lipinski definition) is 1. The van der Waals surface area contributed by atoms with Crippen LogP contribution in [0.4, 0.5) is 10.1 Å². The maximum absolute atomic E-state index is 13.4. The highest BCUT2D eigenvalue weighted by Gasteiger charge is 2.24. The normalized spacial score (nSPS) is 12.2. The number of amides is 1. The summed E-state index contributed by atoms with van der Waals surface area (Å²) >= 11 is 7.78. The second kappa shape index (κ2) is 7.85. The first-order valence-corrected chi connectivity index (χ1v) is 9.11. The van der Waals surface area contributed by atoms with Crippen molar-refractivity contribution >= 4 is 35.0 Å². The Kier molecular flexibility index (Phi) is 6.06. The zero-order chi connectivity index (χ0) is 17.9. The van der Waals surface area contributed by atoms with E-state index in [4.69, 9.17) is 11.6 Å². The molecule has 1 unspecified atom stereocenters. The van der Waals surface area contributed by atoms with Crippen molar-refractivity contribution in [1.29, 1.82) is 0 Å². The molecule has 1 N–H and O–H groups in total. The van der Waals surface area contributed by atoms with Crippen molar-refractivity contribution in [3.63, 3.8) is 0 Å². The molecule has 0 bridgehead atoms. The minimum atomic E-state index is -0.625. The van der Waals surface area contributed by atoms with E-state index in [1.165, 1.54) is 16.9 Å². The third kappa shape index (κ3) is 3.99. The number of carbonyl (C=O) groups is 1. The first-order valence-electron chi connectivity index (χ1n) is 7.34. The average Bonchev–Trinajstić information content (AvgIpc) is 2.89. The van der Waals surface area contributed by atoms with E-state index in [9.17, 15) is 14.4 Å². The number of rotatable bonds is 6. The lowest BCUT2D eigenvalue weighted by Gasteiger charge is -2.23. The highest BCUT2D eigenvalue weighted by Crippen LogP contribution is 2.27. The molecular weight excluding hydrogens is 355 g/mol. The van der Waals surface area contributed by atoms with Crippen LogP contribution in [0.2, 0.25) is 5.15 Å². The van der Waals surface area contributed by atoms with Gasteiger partial charge in [-0.05, 0) is 13.2 Å². The number of aromatic nitrogens is 3. The topological polar surface area (TPSA) is 62.2 Å². The van der Waals surface area contributed by atoms with E-state index in [2.05, 4.69) is 5.10 Å². The Morgan fingerprint density at radius 3 is 2.88 bits per heavy atom. The molecule has 6 nitrogen and oxygen atoms in total. The SMILES string of the molecule is CCN(C(=O)C(C)CSC)c1cn(-c2cc(F)c[n+](O)c2)nc1Cl. The van der Waals surface area contributed by atoms with E-state index >= 15 is 0 Å². The molecular formula is C15H19ClFN4O2S+. The first-order chi connectivity index (χ1) is 11.4. The van der Waals surface area contributed by atoms with Gasteiger partial charge in [-0.25, -0.2) is 9.07 Å². The fourth-order valence-electron chi connectivity index (χ4n) is 2.33. The van der Waals surface area contributed by atoms with Gasteiger partial charge in [-0.1, -0.05) is 18.5 Å². The van der Waals surface area contributed by atoms with Crippen molar-refractivity contribution in [3.8, 4) is 5.69 Å². The Hall–Kier alpha value is -1.80. The molecule has 0 spiro atoms. The van der Waals surface area contributed by atoms with E-state index < -0.39 is 5.82 Å². The number of nitrogens with zero attached hydrogens (tertiary/aromatic N) is 4. The summed E-state index contributed by atoms with van der Waals surface area (Å²) < 4.78 is 15.4. The molecule has 2 rings (SSSR count). The van der Waals surface area contributed by atoms with Crippen LogP contribution in [0.15, 0.2) is 24.7 Å². The summed E-state index contributed by atoms with van der Waals surface area (Å²) in [7, 11) is 0. The standard InChI is InChI=1S/C15H19ClFN4O2S/c1-4-20(15(22)10(2)9-24-3)13-8-21(18-14(13)16)12-5-11(17)6-19(23)7-12/h5-8,10,23H,4,9H2,1-3H3/q+1. The monoisotopic (exact) mass is 373 g/mol. The van der Waals surface area contributed by atoms with Gasteiger partial charge in [0, 0.05) is 29.0 Å². The van der Waals surface area contributed by atoms with Gasteiger partial charge >= 0.3 is 0 Å². The summed E-state index contributed by atoms with van der Waals surface area (Å²) in [6, 6.07) is 1.20. The quantitative estimate of drug-likeness (QED) is 0.624. The maximum atomic E-state index is 13.4. The van der Waals surface area contributed by atoms with Crippen LogP contribution in [-0.2, 0) is 4.79 Å². The lowest BCUT2D eigenvalue weighted by atomic mass is 10.2. The van der Waals surface area contributed by atoms with E-state index in [1.54, 1.807) is 22.9 Å². The van der Waals surface area contributed by atoms with Gasteiger partial charge in [-0.2, -0.15) is 16.9 Å². The summed E-state index contributed by atoms with van der Waals surface area (Å²) in [4.78, 5) is 14.1. The van der Waals surface area contributed by atoms with Crippen LogP contribution in [0.5, 0.6) is 0 Å². The Bertz CT molecular complexity index is 720. The lowest BCUT2D eigenvalue weighted by Crippen LogP contribution is -2.36. The molecule has 1 amide bonds. The molecule has 9 heteroatoms. The molecule has 0 saturated heterocycles. The summed E-state index contributed by atoms with van der Waals surface area (Å²) in [5, 5.41) is 13.7. The van der Waals surface area contributed by atoms with E-state index in [1.807, 2.05) is 20.1 Å². The molecule has 0 saturated carbocycles. The number of carbonyl (C=O) groups excluding carboxylic acids is 1. The van der Waals surface area contributed by atoms with Crippen molar-refractivity contribution < 1.29 is 19.1 Å². The molecule has 130 valence electrons. The minimum Gasteiger partial charge on any atom is -0.308 e. The molecule has 2 aromatic heterocycles. The Balaban J connectivity index is 2.37. The van der Waals surface area contributed by atoms with Crippen molar-refractivity contribution in [2.45, 2.75) is 13.8 Å². The third-order valence-corrected chi connectivity index (χ3v) is 4.54. The number of thioether (sulfide) groups is 1. The smallest absolute Gasteiger partial charge is 0.257 e. The van der Waals surface area contributed by atoms with Crippen molar-refractivity contribution in [2.24, 2.45) is 5.92 Å². The van der Waals surface area contributed by atoms with Gasteiger partial charge in [0.15, 0.2) is 11.0 Å². The van der Waals surface area contributed by atoms with Crippen LogP contribution in [-0.4, -0.2) is 39.4 Å². The lowest BCUT2D eigenvalue weighted by molar-refractivity contribution is -0.905. The Morgan fingerprint density at radius 2 is 2.29 bits per heavy atom. The summed E-state index contributed by atoms with van der Waals surface area (Å²) in [5.41, 5.74) is 0.734. The molecule has 0 aliphatic carbocycles. The Labute approximate surface area is 148 Å². The van der Waals surface area contributed by atoms with Gasteiger partial charge in [-0.15, -0.1) is 0 Å². The fourth-order valence-corrected chi connectivity index (χ4v) is 3.20. The van der Waals surface area contributed by atoms with Crippen LogP contribution in [0.1, 0.15) is 13.8 Å². The Morgan fingerprint density at radius 1 is 1.58 bits per heavy atom. The van der Waals surface area contributed by atoms with Gasteiger partial charge in [0.05, 0.1) is 6.20 Å². The average molecular weight is 374 g/mol. The predicted molar refractivity (Wildman–Crippen MR) is 91.5 cm³/mol. The molecule has 0 radical (unpaired) electrons. The number of hydrogen-bond acceptors (Lipinski definition) is 4. The van der Waals surface area contributed by atoms with E-state index in [0.717, 1.165) is 6.20 Å². The predicted octanol–water partition coefficient (Wildman–Crippen LogP) is 2.54. The zero-order valence-electron chi connectivity index (χ0n) is 13.6. The van der Waals surface area contributed by atoms with Crippen LogP contribution in [0.3, 0.4) is 0 Å². The number of anilines is 1. The fraction of sp³-hybridized carbons (Fsp3) is 0.400. The molecule has 2 aromatic rings. The highest BCUT2D eigenvalue weighted by molar-refractivity contribution is 7.98. The van der Waals surface area contributed by atoms with E-state index in [-0.39, 0.29) is 22.7 Å². The third-order valence-electron chi connectivity index (χ3n) is 3.43. The van der Waals surface area contributed by atoms with Gasteiger partial charge in [0.1, 0.15) is 11.4 Å². The largest absolute Gasteiger partial charge is 0.308 e. The van der Waals surface area contributed by atoms with Crippen molar-refractivity contribution in [1.82, 2.24) is 9.78 Å². The van der Waals surface area contributed by atoms with Gasteiger partial charge in [0.25, 0.3) is 6.20 Å². The molecule has 0 aromatic carbocycles. The minimum absolute atomic E-state index is 0.0511. The van der Waals surface area contributed by atoms with Crippen LogP contribution in [0.25, 0.3) is 5.69 Å². The van der Waals surface area contributed by atoms with Crippen LogP contribution < -0.4 is 9.63 Å². The molecule has 2 heterocycles. The van der Waals surface area contributed by atoms with E-state index in [0.29, 0.717) is 22.7 Å². The number of pyridine rings is 1. The second-order valence-electron chi connectivity index (χ2n) is 5.28. The van der Waals surface area contributed by atoms with Gasteiger partial charge < -0.3 is 4.90 Å². The van der Waals surface area contributed by atoms with Gasteiger partial charge in [0.2, 0.25) is 12.1 Å². The van der Waals surface area contributed by atoms with Crippen LogP contribution in [0, 0.1) is 11.7 Å². The van der Waals surface area contributed by atoms with Crippen molar-refractivity contribution in [2.75, 3.05) is 23.5 Å². The summed E-state index contributed by atoms with van der Waals surface area (Å²) in [6.45, 7) is 4.15. The zero-order valence-corrected chi connectivity index (χ0v) is 15.2. The molecule has 1 atom stereocenters. The highest BCUT2D eigenvalue weighted by atomic mass is 35.5. The molecule has 0 fully saturated rings. The summed E-state index contributed by atoms with van der Waals surface area (Å²) in [5.74, 6) is -0.131. The van der Waals surface area contributed by atoms with Crippen molar-refractivity contribution in [3.05, 3.63) is 35.6 Å². The first kappa shape index (κ1) is 18.5. The van der Waals surface area contributed by atoms with Crippen LogP contribution >= 0.6 is 23.4 Å². The molecule has 0 aliphatic rings. The van der Waals surface area contributed by atoms with Gasteiger partial charge in [-0.3, -0.25) is 10.0 Å². The second-order valence-corrected chi connectivity index (χ2v) is 6.55. The molecule has 24 heavy (non-hydrogen) atoms. The maximum Gasteiger partial charge on any atom is 0.257 e. The summed E-state index contributed by atoms with van der Waals surface area (Å²) in [6.07, 6.45) is 5.69.